The number of carbonyl (C=O) groups is 1. The predicted molar refractivity (Wildman–Crippen MR) is 101 cm³/mol. The van der Waals surface area contributed by atoms with Crippen LogP contribution in [0.25, 0.3) is 0 Å². The van der Waals surface area contributed by atoms with Crippen molar-refractivity contribution < 1.29 is 19.7 Å². The lowest BCUT2D eigenvalue weighted by Crippen LogP contribution is -2.41. The van der Waals surface area contributed by atoms with E-state index in [-0.39, 0.29) is 18.3 Å². The van der Waals surface area contributed by atoms with E-state index in [0.29, 0.717) is 25.4 Å². The molecule has 1 heterocycles. The van der Waals surface area contributed by atoms with Gasteiger partial charge in [-0.3, -0.25) is 4.79 Å². The van der Waals surface area contributed by atoms with Gasteiger partial charge in [-0.1, -0.05) is 39.0 Å². The van der Waals surface area contributed by atoms with E-state index < -0.39 is 11.7 Å². The van der Waals surface area contributed by atoms with Crippen molar-refractivity contribution in [3.63, 3.8) is 0 Å². The maximum Gasteiger partial charge on any atom is 0.139 e. The summed E-state index contributed by atoms with van der Waals surface area (Å²) in [6.07, 6.45) is 5.47. The number of aliphatic hydroxyl groups is 2. The van der Waals surface area contributed by atoms with Gasteiger partial charge >= 0.3 is 0 Å². The fourth-order valence-corrected chi connectivity index (χ4v) is 3.10. The Labute approximate surface area is 153 Å². The lowest BCUT2D eigenvalue weighted by molar-refractivity contribution is -0.122. The maximum absolute atomic E-state index is 12.3. The highest BCUT2D eigenvalue weighted by Crippen LogP contribution is 2.32. The van der Waals surface area contributed by atoms with Crippen LogP contribution in [-0.2, 0) is 9.53 Å². The van der Waals surface area contributed by atoms with Crippen LogP contribution in [0, 0.1) is 11.8 Å². The topological polar surface area (TPSA) is 66.8 Å². The fraction of sp³-hybridized carbons (Fsp3) is 0.762. The van der Waals surface area contributed by atoms with Gasteiger partial charge in [-0.15, -0.1) is 0 Å². The van der Waals surface area contributed by atoms with Crippen LogP contribution < -0.4 is 0 Å². The van der Waals surface area contributed by atoms with Crippen molar-refractivity contribution in [2.45, 2.75) is 77.9 Å². The molecule has 0 radical (unpaired) electrons. The van der Waals surface area contributed by atoms with Crippen LogP contribution in [-0.4, -0.2) is 40.9 Å². The molecule has 0 aromatic carbocycles. The molecule has 0 aromatic heterocycles. The second-order valence-corrected chi connectivity index (χ2v) is 7.95. The zero-order valence-corrected chi connectivity index (χ0v) is 16.4. The average Bonchev–Trinajstić information content (AvgIpc) is 2.69. The van der Waals surface area contributed by atoms with E-state index in [9.17, 15) is 9.90 Å². The van der Waals surface area contributed by atoms with Crippen molar-refractivity contribution in [3.8, 4) is 0 Å². The Bertz CT molecular complexity index is 480. The summed E-state index contributed by atoms with van der Waals surface area (Å²) in [5.74, 6) is 0.594. The van der Waals surface area contributed by atoms with E-state index in [1.807, 2.05) is 13.8 Å². The van der Waals surface area contributed by atoms with E-state index in [1.54, 1.807) is 6.08 Å². The summed E-state index contributed by atoms with van der Waals surface area (Å²) in [5.41, 5.74) is 1.45. The normalized spacial score (nSPS) is 27.3. The third-order valence-corrected chi connectivity index (χ3v) is 5.49. The van der Waals surface area contributed by atoms with E-state index in [2.05, 4.69) is 20.4 Å². The zero-order chi connectivity index (χ0) is 19.0. The Morgan fingerprint density at radius 2 is 2.12 bits per heavy atom. The number of aliphatic hydroxyl groups excluding tert-OH is 2. The van der Waals surface area contributed by atoms with Gasteiger partial charge in [0.2, 0.25) is 0 Å². The SMILES string of the molecule is C=C(CC(=O)C(C)CCC[C@]1(C)OC/C(=C/CO)CC[C@H]1O)C(C)C. The number of ether oxygens (including phenoxy) is 1. The molecule has 1 saturated heterocycles. The Morgan fingerprint density at radius 1 is 1.44 bits per heavy atom. The monoisotopic (exact) mass is 352 g/mol. The minimum Gasteiger partial charge on any atom is -0.392 e. The van der Waals surface area contributed by atoms with Crippen molar-refractivity contribution in [2.75, 3.05) is 13.2 Å². The molecule has 1 rings (SSSR count). The molecule has 1 unspecified atom stereocenters. The third-order valence-electron chi connectivity index (χ3n) is 5.49. The Hall–Kier alpha value is -0.970. The molecule has 0 amide bonds. The number of hydrogen-bond donors (Lipinski definition) is 2. The van der Waals surface area contributed by atoms with Gasteiger partial charge in [0.05, 0.1) is 24.9 Å². The van der Waals surface area contributed by atoms with Gasteiger partial charge in [0.1, 0.15) is 5.78 Å². The molecule has 1 aliphatic rings. The number of hydrogen-bond acceptors (Lipinski definition) is 4. The molecule has 4 heteroatoms. The summed E-state index contributed by atoms with van der Waals surface area (Å²) in [6, 6.07) is 0. The minimum absolute atomic E-state index is 0.00636. The Morgan fingerprint density at radius 3 is 2.72 bits per heavy atom. The standard InChI is InChI=1S/C21H36O4/c1-15(2)17(4)13-19(23)16(3)7-6-11-21(5)20(24)9-8-18(10-12-22)14-25-21/h10,15-16,20,22,24H,4,6-9,11-14H2,1-3,5H3/b18-10+/t16?,20-,21+/m1/s1. The number of Topliss-reactive ketones (excluding diaryl/α,β-unsaturated/α-hetero) is 1. The highest BCUT2D eigenvalue weighted by atomic mass is 16.5. The van der Waals surface area contributed by atoms with Crippen LogP contribution in [0.4, 0.5) is 0 Å². The molecule has 4 nitrogen and oxygen atoms in total. The van der Waals surface area contributed by atoms with Crippen molar-refractivity contribution in [1.82, 2.24) is 0 Å². The lowest BCUT2D eigenvalue weighted by atomic mass is 9.86. The maximum atomic E-state index is 12.3. The third kappa shape index (κ3) is 7.04. The lowest BCUT2D eigenvalue weighted by Gasteiger charge is -2.33. The molecule has 1 aliphatic heterocycles. The Kier molecular flexibility index (Phi) is 9.04. The van der Waals surface area contributed by atoms with Gasteiger partial charge in [-0.25, -0.2) is 0 Å². The van der Waals surface area contributed by atoms with Crippen molar-refractivity contribution in [3.05, 3.63) is 23.8 Å². The predicted octanol–water partition coefficient (Wildman–Crippen LogP) is 3.81. The van der Waals surface area contributed by atoms with Crippen molar-refractivity contribution in [1.29, 1.82) is 0 Å². The number of ketones is 1. The first kappa shape index (κ1) is 22.1. The van der Waals surface area contributed by atoms with Gasteiger partial charge in [0, 0.05) is 12.3 Å². The molecule has 2 N–H and O–H groups in total. The van der Waals surface area contributed by atoms with Crippen LogP contribution in [0.1, 0.15) is 66.2 Å². The number of allylic oxidation sites excluding steroid dienone is 1. The van der Waals surface area contributed by atoms with Gasteiger partial charge in [-0.05, 0) is 50.5 Å². The number of rotatable bonds is 9. The summed E-state index contributed by atoms with van der Waals surface area (Å²) in [7, 11) is 0. The molecule has 1 fully saturated rings. The fourth-order valence-electron chi connectivity index (χ4n) is 3.10. The van der Waals surface area contributed by atoms with Gasteiger partial charge in [0.15, 0.2) is 0 Å². The van der Waals surface area contributed by atoms with Crippen LogP contribution in [0.2, 0.25) is 0 Å². The molecule has 0 bridgehead atoms. The second kappa shape index (κ2) is 10.2. The summed E-state index contributed by atoms with van der Waals surface area (Å²) in [5, 5.41) is 19.5. The van der Waals surface area contributed by atoms with Gasteiger partial charge < -0.3 is 14.9 Å². The van der Waals surface area contributed by atoms with E-state index in [1.165, 1.54) is 0 Å². The van der Waals surface area contributed by atoms with Gasteiger partial charge in [-0.2, -0.15) is 0 Å². The quantitative estimate of drug-likeness (QED) is 0.619. The molecule has 0 aliphatic carbocycles. The Balaban J connectivity index is 2.49. The molecule has 144 valence electrons. The first-order valence-corrected chi connectivity index (χ1v) is 9.50. The zero-order valence-electron chi connectivity index (χ0n) is 16.4. The first-order valence-electron chi connectivity index (χ1n) is 9.50. The molecule has 0 aromatic rings. The first-order chi connectivity index (χ1) is 11.7. The highest BCUT2D eigenvalue weighted by Gasteiger charge is 2.36. The molecule has 3 atom stereocenters. The molecule has 0 saturated carbocycles. The second-order valence-electron chi connectivity index (χ2n) is 7.95. The minimum atomic E-state index is -0.588. The highest BCUT2D eigenvalue weighted by molar-refractivity contribution is 5.82. The van der Waals surface area contributed by atoms with Crippen LogP contribution >= 0.6 is 0 Å². The van der Waals surface area contributed by atoms with Crippen molar-refractivity contribution >= 4 is 5.78 Å². The molecule has 0 spiro atoms. The van der Waals surface area contributed by atoms with Crippen molar-refractivity contribution in [2.24, 2.45) is 11.8 Å². The molecule has 25 heavy (non-hydrogen) atoms. The van der Waals surface area contributed by atoms with E-state index in [4.69, 9.17) is 9.84 Å². The summed E-state index contributed by atoms with van der Waals surface area (Å²) >= 11 is 0. The van der Waals surface area contributed by atoms with Crippen LogP contribution in [0.5, 0.6) is 0 Å². The number of carbonyl (C=O) groups excluding carboxylic acids is 1. The molecular weight excluding hydrogens is 316 g/mol. The molecular formula is C21H36O4. The van der Waals surface area contributed by atoms with Crippen LogP contribution in [0.15, 0.2) is 23.8 Å². The smallest absolute Gasteiger partial charge is 0.139 e. The average molecular weight is 353 g/mol. The summed E-state index contributed by atoms with van der Waals surface area (Å²) < 4.78 is 5.98. The van der Waals surface area contributed by atoms with E-state index >= 15 is 0 Å². The van der Waals surface area contributed by atoms with E-state index in [0.717, 1.165) is 36.8 Å². The summed E-state index contributed by atoms with van der Waals surface area (Å²) in [4.78, 5) is 12.3. The van der Waals surface area contributed by atoms with Gasteiger partial charge in [0.25, 0.3) is 0 Å². The van der Waals surface area contributed by atoms with Crippen LogP contribution in [0.3, 0.4) is 0 Å². The summed E-state index contributed by atoms with van der Waals surface area (Å²) in [6.45, 7) is 12.5. The largest absolute Gasteiger partial charge is 0.392 e.